The van der Waals surface area contributed by atoms with E-state index >= 15 is 0 Å². The van der Waals surface area contributed by atoms with Crippen LogP contribution in [-0.2, 0) is 9.53 Å². The number of fused-ring (bicyclic) bond motifs is 1. The van der Waals surface area contributed by atoms with Crippen LogP contribution in [0.25, 0.3) is 6.08 Å². The van der Waals surface area contributed by atoms with E-state index < -0.39 is 12.0 Å². The van der Waals surface area contributed by atoms with Crippen molar-refractivity contribution >= 4 is 35.1 Å². The minimum absolute atomic E-state index is 0.0424. The molecule has 4 rings (SSSR count). The normalized spacial score (nSPS) is 15.7. The number of ether oxygens (including phenoxy) is 2. The maximum absolute atomic E-state index is 13.6. The quantitative estimate of drug-likeness (QED) is 0.351. The third kappa shape index (κ3) is 5.28. The van der Waals surface area contributed by atoms with Gasteiger partial charge in [-0.15, -0.1) is 11.8 Å². The van der Waals surface area contributed by atoms with Gasteiger partial charge in [-0.3, -0.25) is 9.36 Å². The van der Waals surface area contributed by atoms with Gasteiger partial charge in [0, 0.05) is 4.90 Å². The lowest BCUT2D eigenvalue weighted by atomic mass is 9.96. The van der Waals surface area contributed by atoms with Crippen molar-refractivity contribution < 1.29 is 14.3 Å². The van der Waals surface area contributed by atoms with Crippen LogP contribution in [0.5, 0.6) is 5.75 Å². The smallest absolute Gasteiger partial charge is 0.338 e. The van der Waals surface area contributed by atoms with Gasteiger partial charge in [0.1, 0.15) is 5.75 Å². The molecule has 6 nitrogen and oxygen atoms in total. The highest BCUT2D eigenvalue weighted by molar-refractivity contribution is 7.98. The Morgan fingerprint density at radius 2 is 1.86 bits per heavy atom. The summed E-state index contributed by atoms with van der Waals surface area (Å²) >= 11 is 2.99. The number of benzene rings is 2. The predicted molar refractivity (Wildman–Crippen MR) is 141 cm³/mol. The molecule has 8 heteroatoms. The molecule has 0 bridgehead atoms. The fraction of sp³-hybridized carbons (Fsp3) is 0.296. The molecule has 1 aliphatic heterocycles. The zero-order valence-electron chi connectivity index (χ0n) is 20.4. The van der Waals surface area contributed by atoms with Crippen LogP contribution in [0.15, 0.2) is 74.5 Å². The lowest BCUT2D eigenvalue weighted by Crippen LogP contribution is -2.39. The van der Waals surface area contributed by atoms with Gasteiger partial charge in [-0.05, 0) is 75.4 Å². The molecule has 0 spiro atoms. The molecule has 0 saturated carbocycles. The zero-order chi connectivity index (χ0) is 25.1. The minimum atomic E-state index is -0.639. The molecule has 3 aromatic rings. The van der Waals surface area contributed by atoms with E-state index in [1.54, 1.807) is 30.2 Å². The third-order valence-corrected chi connectivity index (χ3v) is 7.22. The minimum Gasteiger partial charge on any atom is -0.491 e. The summed E-state index contributed by atoms with van der Waals surface area (Å²) in [6, 6.07) is 14.9. The Bertz CT molecular complexity index is 1430. The van der Waals surface area contributed by atoms with Crippen molar-refractivity contribution in [1.82, 2.24) is 4.57 Å². The van der Waals surface area contributed by atoms with E-state index in [1.165, 1.54) is 11.3 Å². The van der Waals surface area contributed by atoms with Crippen LogP contribution in [-0.4, -0.2) is 29.5 Å². The van der Waals surface area contributed by atoms with Crippen LogP contribution in [0.3, 0.4) is 0 Å². The predicted octanol–water partition coefficient (Wildman–Crippen LogP) is 4.31. The van der Waals surface area contributed by atoms with Crippen LogP contribution in [0.2, 0.25) is 0 Å². The molecule has 0 N–H and O–H groups in total. The molecular formula is C27H28N2O4S2. The zero-order valence-corrected chi connectivity index (χ0v) is 22.0. The van der Waals surface area contributed by atoms with Gasteiger partial charge in [0.15, 0.2) is 4.80 Å². The number of carbonyl (C=O) groups excluding carboxylic acids is 1. The topological polar surface area (TPSA) is 69.9 Å². The number of nitrogens with zero attached hydrogens (tertiary/aromatic N) is 2. The number of esters is 1. The number of hydrogen-bond acceptors (Lipinski definition) is 7. The molecule has 1 atom stereocenters. The van der Waals surface area contributed by atoms with Gasteiger partial charge in [-0.2, -0.15) is 0 Å². The first-order valence-corrected chi connectivity index (χ1v) is 13.5. The summed E-state index contributed by atoms with van der Waals surface area (Å²) in [4.78, 5) is 33.0. The van der Waals surface area contributed by atoms with E-state index in [1.807, 2.05) is 74.7 Å². The van der Waals surface area contributed by atoms with E-state index in [0.717, 1.165) is 21.8 Å². The van der Waals surface area contributed by atoms with Crippen LogP contribution in [0.4, 0.5) is 0 Å². The third-order valence-electron chi connectivity index (χ3n) is 5.50. The van der Waals surface area contributed by atoms with Crippen LogP contribution >= 0.6 is 23.1 Å². The van der Waals surface area contributed by atoms with E-state index in [9.17, 15) is 9.59 Å². The highest BCUT2D eigenvalue weighted by Crippen LogP contribution is 2.31. The second kappa shape index (κ2) is 10.7. The first kappa shape index (κ1) is 25.0. The summed E-state index contributed by atoms with van der Waals surface area (Å²) in [6.45, 7) is 7.71. The largest absolute Gasteiger partial charge is 0.491 e. The molecule has 182 valence electrons. The van der Waals surface area contributed by atoms with E-state index in [2.05, 4.69) is 4.99 Å². The maximum atomic E-state index is 13.6. The lowest BCUT2D eigenvalue weighted by Gasteiger charge is -2.25. The summed E-state index contributed by atoms with van der Waals surface area (Å²) in [5.74, 6) is 0.256. The fourth-order valence-electron chi connectivity index (χ4n) is 3.96. The molecule has 1 aromatic heterocycles. The van der Waals surface area contributed by atoms with E-state index in [4.69, 9.17) is 9.47 Å². The lowest BCUT2D eigenvalue weighted by molar-refractivity contribution is -0.139. The molecule has 1 aliphatic rings. The molecule has 0 radical (unpaired) electrons. The average Bonchev–Trinajstić information content (AvgIpc) is 3.13. The highest BCUT2D eigenvalue weighted by atomic mass is 32.2. The summed E-state index contributed by atoms with van der Waals surface area (Å²) in [5, 5.41) is 0. The molecule has 0 fully saturated rings. The molecule has 35 heavy (non-hydrogen) atoms. The van der Waals surface area contributed by atoms with Gasteiger partial charge in [-0.1, -0.05) is 35.6 Å². The van der Waals surface area contributed by atoms with Gasteiger partial charge >= 0.3 is 5.97 Å². The highest BCUT2D eigenvalue weighted by Gasteiger charge is 2.33. The van der Waals surface area contributed by atoms with Crippen molar-refractivity contribution in [1.29, 1.82) is 0 Å². The Morgan fingerprint density at radius 3 is 2.46 bits per heavy atom. The van der Waals surface area contributed by atoms with E-state index in [-0.39, 0.29) is 18.3 Å². The SMILES string of the molecule is CCOC(=O)C1=C(C)N=c2s/c(=C\c3ccc(SC)cc3)c(=O)n2[C@H]1c1ccc(OC(C)C)cc1. The molecule has 0 unspecified atom stereocenters. The van der Waals surface area contributed by atoms with Gasteiger partial charge in [0.25, 0.3) is 5.56 Å². The first-order chi connectivity index (χ1) is 16.8. The Kier molecular flexibility index (Phi) is 7.62. The number of aromatic nitrogens is 1. The van der Waals surface area contributed by atoms with Crippen molar-refractivity contribution in [2.24, 2.45) is 4.99 Å². The van der Waals surface area contributed by atoms with Crippen molar-refractivity contribution in [3.63, 3.8) is 0 Å². The average molecular weight is 509 g/mol. The summed E-state index contributed by atoms with van der Waals surface area (Å²) in [6.07, 6.45) is 3.94. The van der Waals surface area contributed by atoms with Crippen LogP contribution < -0.4 is 19.6 Å². The molecule has 2 heterocycles. The monoisotopic (exact) mass is 508 g/mol. The molecule has 0 saturated heterocycles. The number of thioether (sulfide) groups is 1. The first-order valence-electron chi connectivity index (χ1n) is 11.4. The molecular weight excluding hydrogens is 480 g/mol. The Hall–Kier alpha value is -3.10. The van der Waals surface area contributed by atoms with Crippen LogP contribution in [0.1, 0.15) is 44.9 Å². The Balaban J connectivity index is 1.87. The van der Waals surface area contributed by atoms with Crippen molar-refractivity contribution in [2.45, 2.75) is 44.7 Å². The van der Waals surface area contributed by atoms with Crippen molar-refractivity contribution in [2.75, 3.05) is 12.9 Å². The second-order valence-electron chi connectivity index (χ2n) is 8.31. The maximum Gasteiger partial charge on any atom is 0.338 e. The summed E-state index contributed by atoms with van der Waals surface area (Å²) in [5.41, 5.74) is 2.45. The van der Waals surface area contributed by atoms with Crippen LogP contribution in [0, 0.1) is 0 Å². The van der Waals surface area contributed by atoms with Gasteiger partial charge in [-0.25, -0.2) is 9.79 Å². The summed E-state index contributed by atoms with van der Waals surface area (Å²) < 4.78 is 13.3. The number of hydrogen-bond donors (Lipinski definition) is 0. The summed E-state index contributed by atoms with van der Waals surface area (Å²) in [7, 11) is 0. The molecule has 0 amide bonds. The standard InChI is InChI=1S/C27H28N2O4S2/c1-6-32-26(31)23-17(4)28-27-29(24(23)19-9-11-20(12-10-19)33-16(2)3)25(30)22(35-27)15-18-7-13-21(34-5)14-8-18/h7-16,24H,6H2,1-5H3/b22-15-/t24-/m0/s1. The van der Waals surface area contributed by atoms with Crippen molar-refractivity contribution in [3.8, 4) is 5.75 Å². The molecule has 2 aromatic carbocycles. The number of carbonyl (C=O) groups is 1. The fourth-order valence-corrected chi connectivity index (χ4v) is 5.41. The second-order valence-corrected chi connectivity index (χ2v) is 10.2. The Morgan fingerprint density at radius 1 is 1.17 bits per heavy atom. The van der Waals surface area contributed by atoms with Crippen molar-refractivity contribution in [3.05, 3.63) is 90.6 Å². The molecule has 0 aliphatic carbocycles. The number of rotatable bonds is 7. The van der Waals surface area contributed by atoms with E-state index in [0.29, 0.717) is 20.6 Å². The van der Waals surface area contributed by atoms with Gasteiger partial charge in [0.05, 0.1) is 34.6 Å². The number of allylic oxidation sites excluding steroid dienone is 1. The number of thiazole rings is 1. The van der Waals surface area contributed by atoms with Gasteiger partial charge in [0.2, 0.25) is 0 Å². The Labute approximate surface area is 212 Å². The van der Waals surface area contributed by atoms with Gasteiger partial charge < -0.3 is 9.47 Å².